The van der Waals surface area contributed by atoms with Crippen molar-refractivity contribution in [2.45, 2.75) is 20.3 Å². The number of benzene rings is 1. The molecule has 0 heterocycles. The maximum absolute atomic E-state index is 10.7. The van der Waals surface area contributed by atoms with E-state index >= 15 is 0 Å². The van der Waals surface area contributed by atoms with E-state index in [1.807, 2.05) is 38.1 Å². The summed E-state index contributed by atoms with van der Waals surface area (Å²) in [6.07, 6.45) is 1.65. The molecule has 0 aliphatic rings. The van der Waals surface area contributed by atoms with Crippen LogP contribution in [0.15, 0.2) is 24.3 Å². The molecule has 0 radical (unpaired) electrons. The Balaban J connectivity index is 2.52. The fourth-order valence-corrected chi connectivity index (χ4v) is 1.22. The van der Waals surface area contributed by atoms with Crippen molar-refractivity contribution in [3.05, 3.63) is 24.3 Å². The molecular weight excluding hydrogens is 204 g/mol. The van der Waals surface area contributed by atoms with Crippen molar-refractivity contribution in [1.82, 2.24) is 0 Å². The first-order chi connectivity index (χ1) is 7.59. The van der Waals surface area contributed by atoms with E-state index in [1.54, 1.807) is 7.11 Å². The number of aldehydes is 1. The Morgan fingerprint density at radius 3 is 2.44 bits per heavy atom. The third-order valence-electron chi connectivity index (χ3n) is 2.39. The van der Waals surface area contributed by atoms with E-state index in [0.717, 1.165) is 6.29 Å². The first-order valence-electron chi connectivity index (χ1n) is 5.31. The fourth-order valence-electron chi connectivity index (χ4n) is 1.22. The predicted octanol–water partition coefficient (Wildman–Crippen LogP) is 2.69. The molecule has 1 aromatic carbocycles. The van der Waals surface area contributed by atoms with Crippen LogP contribution in [0.1, 0.15) is 20.3 Å². The molecule has 0 amide bonds. The number of hydrogen-bond acceptors (Lipinski definition) is 3. The Morgan fingerprint density at radius 1 is 1.25 bits per heavy atom. The van der Waals surface area contributed by atoms with Crippen molar-refractivity contribution in [2.24, 2.45) is 5.41 Å². The molecule has 3 nitrogen and oxygen atoms in total. The molecule has 0 N–H and O–H groups in total. The van der Waals surface area contributed by atoms with Gasteiger partial charge in [-0.3, -0.25) is 0 Å². The standard InChI is InChI=1S/C13H18O3/c1-13(2,10-14)8-9-16-12-7-5-4-6-11(12)15-3/h4-7,10H,8-9H2,1-3H3. The van der Waals surface area contributed by atoms with E-state index in [4.69, 9.17) is 9.47 Å². The Hall–Kier alpha value is -1.51. The molecule has 0 saturated heterocycles. The quantitative estimate of drug-likeness (QED) is 0.694. The lowest BCUT2D eigenvalue weighted by Crippen LogP contribution is -2.17. The van der Waals surface area contributed by atoms with Crippen LogP contribution >= 0.6 is 0 Å². The van der Waals surface area contributed by atoms with Gasteiger partial charge in [-0.15, -0.1) is 0 Å². The maximum atomic E-state index is 10.7. The lowest BCUT2D eigenvalue weighted by atomic mass is 9.92. The van der Waals surface area contributed by atoms with Gasteiger partial charge in [0.1, 0.15) is 6.29 Å². The Morgan fingerprint density at radius 2 is 1.88 bits per heavy atom. The van der Waals surface area contributed by atoms with Gasteiger partial charge in [0.25, 0.3) is 0 Å². The van der Waals surface area contributed by atoms with Crippen LogP contribution in [0.5, 0.6) is 11.5 Å². The van der Waals surface area contributed by atoms with Crippen LogP contribution in [0.3, 0.4) is 0 Å². The molecule has 1 rings (SSSR count). The van der Waals surface area contributed by atoms with E-state index < -0.39 is 0 Å². The number of carbonyl (C=O) groups is 1. The molecule has 0 aromatic heterocycles. The minimum Gasteiger partial charge on any atom is -0.493 e. The molecule has 0 bridgehead atoms. The summed E-state index contributed by atoms with van der Waals surface area (Å²) in [6, 6.07) is 7.48. The van der Waals surface area contributed by atoms with Crippen LogP contribution in [-0.2, 0) is 4.79 Å². The van der Waals surface area contributed by atoms with E-state index in [1.165, 1.54) is 0 Å². The average molecular weight is 222 g/mol. The van der Waals surface area contributed by atoms with Crippen molar-refractivity contribution in [2.75, 3.05) is 13.7 Å². The molecule has 1 aromatic rings. The predicted molar refractivity (Wildman–Crippen MR) is 63.0 cm³/mol. The average Bonchev–Trinajstić information content (AvgIpc) is 2.29. The van der Waals surface area contributed by atoms with Gasteiger partial charge in [0.05, 0.1) is 13.7 Å². The molecule has 0 spiro atoms. The van der Waals surface area contributed by atoms with Crippen molar-refractivity contribution >= 4 is 6.29 Å². The van der Waals surface area contributed by atoms with Crippen molar-refractivity contribution in [3.8, 4) is 11.5 Å². The van der Waals surface area contributed by atoms with Crippen molar-refractivity contribution < 1.29 is 14.3 Å². The van der Waals surface area contributed by atoms with Crippen LogP contribution in [0.4, 0.5) is 0 Å². The number of para-hydroxylation sites is 2. The summed E-state index contributed by atoms with van der Waals surface area (Å²) in [7, 11) is 1.61. The van der Waals surface area contributed by atoms with Crippen LogP contribution in [0.25, 0.3) is 0 Å². The first kappa shape index (κ1) is 12.6. The van der Waals surface area contributed by atoms with Gasteiger partial charge in [0, 0.05) is 5.41 Å². The molecule has 0 aliphatic heterocycles. The zero-order valence-electron chi connectivity index (χ0n) is 10.0. The lowest BCUT2D eigenvalue weighted by molar-refractivity contribution is -0.115. The summed E-state index contributed by atoms with van der Waals surface area (Å²) < 4.78 is 10.7. The summed E-state index contributed by atoms with van der Waals surface area (Å²) in [6.45, 7) is 4.29. The van der Waals surface area contributed by atoms with E-state index in [-0.39, 0.29) is 5.41 Å². The molecule has 88 valence electrons. The molecule has 0 aliphatic carbocycles. The van der Waals surface area contributed by atoms with Gasteiger partial charge in [0.2, 0.25) is 0 Å². The Labute approximate surface area is 96.4 Å². The molecular formula is C13H18O3. The topological polar surface area (TPSA) is 35.5 Å². The Kier molecular flexibility index (Phi) is 4.35. The van der Waals surface area contributed by atoms with Crippen LogP contribution < -0.4 is 9.47 Å². The second kappa shape index (κ2) is 5.54. The van der Waals surface area contributed by atoms with Gasteiger partial charge in [-0.1, -0.05) is 26.0 Å². The zero-order valence-corrected chi connectivity index (χ0v) is 10.0. The third-order valence-corrected chi connectivity index (χ3v) is 2.39. The van der Waals surface area contributed by atoms with Gasteiger partial charge in [-0.2, -0.15) is 0 Å². The minimum atomic E-state index is -0.331. The van der Waals surface area contributed by atoms with E-state index in [0.29, 0.717) is 24.5 Å². The molecule has 0 atom stereocenters. The van der Waals surface area contributed by atoms with Gasteiger partial charge in [-0.05, 0) is 18.6 Å². The number of hydrogen-bond donors (Lipinski definition) is 0. The van der Waals surface area contributed by atoms with Crippen LogP contribution in [0, 0.1) is 5.41 Å². The normalized spacial score (nSPS) is 10.9. The molecule has 0 unspecified atom stereocenters. The Bertz CT molecular complexity index is 345. The number of rotatable bonds is 6. The highest BCUT2D eigenvalue weighted by molar-refractivity contribution is 5.57. The van der Waals surface area contributed by atoms with Crippen molar-refractivity contribution in [1.29, 1.82) is 0 Å². The summed E-state index contributed by atoms with van der Waals surface area (Å²) in [5.74, 6) is 1.43. The van der Waals surface area contributed by atoms with E-state index in [2.05, 4.69) is 0 Å². The number of ether oxygens (including phenoxy) is 2. The number of methoxy groups -OCH3 is 1. The second-order valence-electron chi connectivity index (χ2n) is 4.36. The summed E-state index contributed by atoms with van der Waals surface area (Å²) in [4.78, 5) is 10.7. The van der Waals surface area contributed by atoms with E-state index in [9.17, 15) is 4.79 Å². The summed E-state index contributed by atoms with van der Waals surface area (Å²) in [5, 5.41) is 0. The number of carbonyl (C=O) groups excluding carboxylic acids is 1. The highest BCUT2D eigenvalue weighted by Gasteiger charge is 2.16. The third kappa shape index (κ3) is 3.57. The molecule has 3 heteroatoms. The lowest BCUT2D eigenvalue weighted by Gasteiger charge is -2.17. The monoisotopic (exact) mass is 222 g/mol. The van der Waals surface area contributed by atoms with Crippen molar-refractivity contribution in [3.63, 3.8) is 0 Å². The van der Waals surface area contributed by atoms with Gasteiger partial charge in [0.15, 0.2) is 11.5 Å². The smallest absolute Gasteiger partial charge is 0.161 e. The summed E-state index contributed by atoms with van der Waals surface area (Å²) in [5.41, 5.74) is -0.331. The maximum Gasteiger partial charge on any atom is 0.161 e. The van der Waals surface area contributed by atoms with Crippen LogP contribution in [0.2, 0.25) is 0 Å². The highest BCUT2D eigenvalue weighted by Crippen LogP contribution is 2.26. The molecule has 16 heavy (non-hydrogen) atoms. The second-order valence-corrected chi connectivity index (χ2v) is 4.36. The van der Waals surface area contributed by atoms with Gasteiger partial charge >= 0.3 is 0 Å². The van der Waals surface area contributed by atoms with Gasteiger partial charge in [-0.25, -0.2) is 0 Å². The largest absolute Gasteiger partial charge is 0.493 e. The molecule has 0 saturated carbocycles. The van der Waals surface area contributed by atoms with Crippen LogP contribution in [-0.4, -0.2) is 20.0 Å². The first-order valence-corrected chi connectivity index (χ1v) is 5.31. The summed E-state index contributed by atoms with van der Waals surface area (Å²) >= 11 is 0. The SMILES string of the molecule is COc1ccccc1OCCC(C)(C)C=O. The fraction of sp³-hybridized carbons (Fsp3) is 0.462. The van der Waals surface area contributed by atoms with Gasteiger partial charge < -0.3 is 14.3 Å². The molecule has 0 fully saturated rings. The highest BCUT2D eigenvalue weighted by atomic mass is 16.5. The minimum absolute atomic E-state index is 0.331. The zero-order chi connectivity index (χ0) is 12.0.